The Morgan fingerprint density at radius 2 is 2.00 bits per heavy atom. The number of carbonyl (C=O) groups is 2. The van der Waals surface area contributed by atoms with Gasteiger partial charge in [-0.1, -0.05) is 12.1 Å². The quantitative estimate of drug-likeness (QED) is 0.861. The van der Waals surface area contributed by atoms with Crippen molar-refractivity contribution in [3.05, 3.63) is 33.8 Å². The van der Waals surface area contributed by atoms with Gasteiger partial charge in [-0.15, -0.1) is 0 Å². The van der Waals surface area contributed by atoms with E-state index in [-0.39, 0.29) is 18.4 Å². The molecule has 1 rings (SSSR count). The van der Waals surface area contributed by atoms with Gasteiger partial charge in [0.15, 0.2) is 0 Å². The molecule has 0 radical (unpaired) electrons. The summed E-state index contributed by atoms with van der Waals surface area (Å²) in [5, 5.41) is 8.69. The first-order valence-corrected chi connectivity index (χ1v) is 7.41. The van der Waals surface area contributed by atoms with E-state index in [4.69, 9.17) is 5.11 Å². The fourth-order valence-corrected chi connectivity index (χ4v) is 2.40. The molecule has 0 heterocycles. The van der Waals surface area contributed by atoms with Gasteiger partial charge in [-0.25, -0.2) is 0 Å². The zero-order chi connectivity index (χ0) is 15.3. The highest BCUT2D eigenvalue weighted by atomic mass is 79.9. The number of carboxylic acids is 1. The van der Waals surface area contributed by atoms with E-state index in [1.807, 2.05) is 32.9 Å². The van der Waals surface area contributed by atoms with Gasteiger partial charge in [-0.05, 0) is 54.8 Å². The standard InChI is InChI=1S/C15H20BrNO3/c1-10(2)17(9-5-8-13(18)19)15(20)12-7-4-6-11(3)14(12)16/h4,6-7,10H,5,8-9H2,1-3H3,(H,18,19). The van der Waals surface area contributed by atoms with Crippen LogP contribution < -0.4 is 0 Å². The lowest BCUT2D eigenvalue weighted by molar-refractivity contribution is -0.137. The number of carbonyl (C=O) groups excluding carboxylic acids is 1. The lowest BCUT2D eigenvalue weighted by Gasteiger charge is -2.27. The van der Waals surface area contributed by atoms with Crippen LogP contribution in [0, 0.1) is 6.92 Å². The summed E-state index contributed by atoms with van der Waals surface area (Å²) in [7, 11) is 0. The number of carboxylic acid groups (broad SMARTS) is 1. The third-order valence-electron chi connectivity index (χ3n) is 3.10. The van der Waals surface area contributed by atoms with Crippen molar-refractivity contribution in [1.29, 1.82) is 0 Å². The summed E-state index contributed by atoms with van der Waals surface area (Å²) in [4.78, 5) is 24.9. The smallest absolute Gasteiger partial charge is 0.303 e. The fourth-order valence-electron chi connectivity index (χ4n) is 1.96. The van der Waals surface area contributed by atoms with Crippen LogP contribution in [-0.4, -0.2) is 34.5 Å². The molecule has 4 nitrogen and oxygen atoms in total. The van der Waals surface area contributed by atoms with Crippen LogP contribution >= 0.6 is 15.9 Å². The summed E-state index contributed by atoms with van der Waals surface area (Å²) in [5.74, 6) is -0.904. The Kier molecular flexibility index (Phi) is 6.20. The molecule has 0 aliphatic heterocycles. The highest BCUT2D eigenvalue weighted by Crippen LogP contribution is 2.23. The second-order valence-corrected chi connectivity index (χ2v) is 5.82. The van der Waals surface area contributed by atoms with Crippen LogP contribution in [0.25, 0.3) is 0 Å². The summed E-state index contributed by atoms with van der Waals surface area (Å²) in [6.45, 7) is 6.25. The third kappa shape index (κ3) is 4.34. The highest BCUT2D eigenvalue weighted by molar-refractivity contribution is 9.10. The number of aliphatic carboxylic acids is 1. The molecule has 0 fully saturated rings. The van der Waals surface area contributed by atoms with Crippen molar-refractivity contribution in [2.24, 2.45) is 0 Å². The van der Waals surface area contributed by atoms with Gasteiger partial charge < -0.3 is 10.0 Å². The molecule has 0 aromatic heterocycles. The third-order valence-corrected chi connectivity index (χ3v) is 4.15. The molecule has 1 aromatic carbocycles. The molecule has 1 N–H and O–H groups in total. The Hall–Kier alpha value is -1.36. The van der Waals surface area contributed by atoms with Crippen LogP contribution in [0.5, 0.6) is 0 Å². The number of hydrogen-bond acceptors (Lipinski definition) is 2. The summed E-state index contributed by atoms with van der Waals surface area (Å²) in [6.07, 6.45) is 0.536. The SMILES string of the molecule is Cc1cccc(C(=O)N(CCCC(=O)O)C(C)C)c1Br. The maximum Gasteiger partial charge on any atom is 0.303 e. The van der Waals surface area contributed by atoms with Gasteiger partial charge in [0.1, 0.15) is 0 Å². The van der Waals surface area contributed by atoms with Crippen molar-refractivity contribution in [3.63, 3.8) is 0 Å². The monoisotopic (exact) mass is 341 g/mol. The van der Waals surface area contributed by atoms with Crippen LogP contribution in [-0.2, 0) is 4.79 Å². The van der Waals surface area contributed by atoms with Gasteiger partial charge in [0.05, 0.1) is 5.56 Å². The van der Waals surface area contributed by atoms with Crippen LogP contribution in [0.1, 0.15) is 42.6 Å². The molecule has 0 unspecified atom stereocenters. The maximum absolute atomic E-state index is 12.6. The van der Waals surface area contributed by atoms with Gasteiger partial charge in [0.2, 0.25) is 0 Å². The molecule has 0 saturated heterocycles. The molecule has 5 heteroatoms. The number of halogens is 1. The van der Waals surface area contributed by atoms with E-state index in [2.05, 4.69) is 15.9 Å². The highest BCUT2D eigenvalue weighted by Gasteiger charge is 2.21. The topological polar surface area (TPSA) is 57.6 Å². The van der Waals surface area contributed by atoms with Crippen molar-refractivity contribution in [3.8, 4) is 0 Å². The molecule has 110 valence electrons. The first kappa shape index (κ1) is 16.7. The number of aryl methyl sites for hydroxylation is 1. The Labute approximate surface area is 127 Å². The van der Waals surface area contributed by atoms with E-state index in [0.717, 1.165) is 10.0 Å². The first-order chi connectivity index (χ1) is 9.34. The summed E-state index contributed by atoms with van der Waals surface area (Å²) < 4.78 is 0.800. The van der Waals surface area contributed by atoms with Crippen molar-refractivity contribution in [2.75, 3.05) is 6.54 Å². The predicted molar refractivity (Wildman–Crippen MR) is 81.9 cm³/mol. The lowest BCUT2D eigenvalue weighted by Crippen LogP contribution is -2.38. The summed E-state index contributed by atoms with van der Waals surface area (Å²) in [5.41, 5.74) is 1.62. The molecule has 1 amide bonds. The average molecular weight is 342 g/mol. The van der Waals surface area contributed by atoms with E-state index in [0.29, 0.717) is 18.5 Å². The summed E-state index contributed by atoms with van der Waals surface area (Å²) in [6, 6.07) is 5.60. The predicted octanol–water partition coefficient (Wildman–Crippen LogP) is 3.47. The number of benzene rings is 1. The Morgan fingerprint density at radius 3 is 2.55 bits per heavy atom. The molecule has 0 spiro atoms. The maximum atomic E-state index is 12.6. The zero-order valence-corrected chi connectivity index (χ0v) is 13.6. The summed E-state index contributed by atoms with van der Waals surface area (Å²) >= 11 is 3.45. The van der Waals surface area contributed by atoms with E-state index in [1.54, 1.807) is 11.0 Å². The second-order valence-electron chi connectivity index (χ2n) is 5.03. The minimum atomic E-state index is -0.835. The molecule has 0 bridgehead atoms. The van der Waals surface area contributed by atoms with Gasteiger partial charge >= 0.3 is 5.97 Å². The Balaban J connectivity index is 2.88. The second kappa shape index (κ2) is 7.43. The van der Waals surface area contributed by atoms with E-state index in [1.165, 1.54) is 0 Å². The number of rotatable bonds is 6. The first-order valence-electron chi connectivity index (χ1n) is 6.62. The largest absolute Gasteiger partial charge is 0.481 e. The van der Waals surface area contributed by atoms with Gasteiger partial charge in [0, 0.05) is 23.5 Å². The van der Waals surface area contributed by atoms with E-state index < -0.39 is 5.97 Å². The van der Waals surface area contributed by atoms with Gasteiger partial charge in [-0.2, -0.15) is 0 Å². The molecular weight excluding hydrogens is 322 g/mol. The van der Waals surface area contributed by atoms with Crippen LogP contribution in [0.4, 0.5) is 0 Å². The molecule has 0 saturated carbocycles. The van der Waals surface area contributed by atoms with E-state index in [9.17, 15) is 9.59 Å². The normalized spacial score (nSPS) is 10.7. The van der Waals surface area contributed by atoms with Crippen molar-refractivity contribution in [1.82, 2.24) is 4.90 Å². The number of amides is 1. The fraction of sp³-hybridized carbons (Fsp3) is 0.467. The Bertz CT molecular complexity index is 500. The number of hydrogen-bond donors (Lipinski definition) is 1. The molecule has 0 aliphatic carbocycles. The van der Waals surface area contributed by atoms with Crippen LogP contribution in [0.3, 0.4) is 0 Å². The van der Waals surface area contributed by atoms with Crippen LogP contribution in [0.15, 0.2) is 22.7 Å². The van der Waals surface area contributed by atoms with Crippen molar-refractivity contribution >= 4 is 27.8 Å². The molecular formula is C15H20BrNO3. The minimum Gasteiger partial charge on any atom is -0.481 e. The molecule has 20 heavy (non-hydrogen) atoms. The molecule has 0 atom stereocenters. The van der Waals surface area contributed by atoms with Gasteiger partial charge in [0.25, 0.3) is 5.91 Å². The van der Waals surface area contributed by atoms with Crippen molar-refractivity contribution < 1.29 is 14.7 Å². The molecule has 1 aromatic rings. The average Bonchev–Trinajstić information content (AvgIpc) is 2.36. The number of nitrogens with zero attached hydrogens (tertiary/aromatic N) is 1. The molecule has 0 aliphatic rings. The van der Waals surface area contributed by atoms with Crippen LogP contribution in [0.2, 0.25) is 0 Å². The Morgan fingerprint density at radius 1 is 1.35 bits per heavy atom. The minimum absolute atomic E-state index is 0.0312. The van der Waals surface area contributed by atoms with Crippen molar-refractivity contribution in [2.45, 2.75) is 39.7 Å². The zero-order valence-electron chi connectivity index (χ0n) is 12.0. The van der Waals surface area contributed by atoms with E-state index >= 15 is 0 Å². The van der Waals surface area contributed by atoms with Gasteiger partial charge in [-0.3, -0.25) is 9.59 Å². The lowest BCUT2D eigenvalue weighted by atomic mass is 10.1.